The first-order chi connectivity index (χ1) is 10.1. The summed E-state index contributed by atoms with van der Waals surface area (Å²) >= 11 is 0. The molecule has 21 heavy (non-hydrogen) atoms. The SMILES string of the molecule is [CH2]COCCOCCOCCC(=O)ON1C(=O)CCC1=O. The number of rotatable bonds is 11. The van der Waals surface area contributed by atoms with Gasteiger partial charge in [0, 0.05) is 19.4 Å². The first kappa shape index (κ1) is 17.5. The maximum Gasteiger partial charge on any atom is 0.335 e. The first-order valence-electron chi connectivity index (χ1n) is 6.74. The van der Waals surface area contributed by atoms with Crippen LogP contribution in [-0.2, 0) is 33.4 Å². The third kappa shape index (κ3) is 7.16. The molecule has 1 radical (unpaired) electrons. The molecule has 1 aliphatic rings. The van der Waals surface area contributed by atoms with Gasteiger partial charge >= 0.3 is 5.97 Å². The van der Waals surface area contributed by atoms with Gasteiger partial charge in [-0.3, -0.25) is 9.59 Å². The van der Waals surface area contributed by atoms with Crippen LogP contribution in [0, 0.1) is 6.92 Å². The molecule has 0 aromatic carbocycles. The summed E-state index contributed by atoms with van der Waals surface area (Å²) in [6.07, 6.45) is 0.122. The highest BCUT2D eigenvalue weighted by Gasteiger charge is 2.32. The van der Waals surface area contributed by atoms with E-state index < -0.39 is 17.8 Å². The number of imide groups is 1. The van der Waals surface area contributed by atoms with Crippen molar-refractivity contribution in [1.82, 2.24) is 5.06 Å². The van der Waals surface area contributed by atoms with E-state index in [-0.39, 0.29) is 25.9 Å². The Labute approximate surface area is 123 Å². The molecule has 119 valence electrons. The van der Waals surface area contributed by atoms with Crippen molar-refractivity contribution in [3.8, 4) is 0 Å². The van der Waals surface area contributed by atoms with Crippen LogP contribution in [0.2, 0.25) is 0 Å². The molecule has 0 atom stereocenters. The maximum absolute atomic E-state index is 11.4. The maximum atomic E-state index is 11.4. The summed E-state index contributed by atoms with van der Waals surface area (Å²) in [5.74, 6) is -1.66. The highest BCUT2D eigenvalue weighted by atomic mass is 16.7. The van der Waals surface area contributed by atoms with Crippen LogP contribution in [0.5, 0.6) is 0 Å². The van der Waals surface area contributed by atoms with E-state index in [9.17, 15) is 14.4 Å². The zero-order chi connectivity index (χ0) is 15.5. The predicted octanol–water partition coefficient (Wildman–Crippen LogP) is -0.132. The quantitative estimate of drug-likeness (QED) is 0.388. The van der Waals surface area contributed by atoms with Crippen molar-refractivity contribution in [3.05, 3.63) is 6.92 Å². The standard InChI is InChI=1S/C13H20NO7/c1-2-18-7-8-20-10-9-19-6-5-13(17)21-14-11(15)3-4-12(14)16/h1-10H2. The average molecular weight is 302 g/mol. The minimum absolute atomic E-state index is 0.0400. The minimum atomic E-state index is -0.677. The molecular weight excluding hydrogens is 282 g/mol. The molecule has 0 saturated carbocycles. The molecule has 1 saturated heterocycles. The third-order valence-electron chi connectivity index (χ3n) is 2.54. The van der Waals surface area contributed by atoms with Crippen molar-refractivity contribution in [1.29, 1.82) is 0 Å². The molecule has 1 aliphatic heterocycles. The lowest BCUT2D eigenvalue weighted by molar-refractivity contribution is -0.198. The summed E-state index contributed by atoms with van der Waals surface area (Å²) in [4.78, 5) is 38.5. The molecule has 1 fully saturated rings. The lowest BCUT2D eigenvalue weighted by atomic mass is 10.4. The second-order valence-electron chi connectivity index (χ2n) is 4.13. The number of carbonyl (C=O) groups is 3. The van der Waals surface area contributed by atoms with Crippen LogP contribution in [0.15, 0.2) is 0 Å². The second kappa shape index (κ2) is 10.3. The zero-order valence-corrected chi connectivity index (χ0v) is 11.9. The highest BCUT2D eigenvalue weighted by molar-refractivity contribution is 6.01. The molecule has 0 unspecified atom stereocenters. The van der Waals surface area contributed by atoms with Gasteiger partial charge < -0.3 is 19.0 Å². The fraction of sp³-hybridized carbons (Fsp3) is 0.692. The Bertz CT molecular complexity index is 342. The number of ether oxygens (including phenoxy) is 3. The minimum Gasteiger partial charge on any atom is -0.379 e. The summed E-state index contributed by atoms with van der Waals surface area (Å²) in [6, 6.07) is 0. The highest BCUT2D eigenvalue weighted by Crippen LogP contribution is 2.12. The lowest BCUT2D eigenvalue weighted by Crippen LogP contribution is -2.32. The number of hydrogen-bond donors (Lipinski definition) is 0. The molecule has 0 aromatic rings. The molecule has 1 rings (SSSR count). The fourth-order valence-electron chi connectivity index (χ4n) is 1.50. The predicted molar refractivity (Wildman–Crippen MR) is 69.6 cm³/mol. The van der Waals surface area contributed by atoms with Gasteiger partial charge in [-0.1, -0.05) is 0 Å². The van der Waals surface area contributed by atoms with Gasteiger partial charge in [0.25, 0.3) is 11.8 Å². The largest absolute Gasteiger partial charge is 0.379 e. The summed E-state index contributed by atoms with van der Waals surface area (Å²) in [6.45, 7) is 5.71. The molecule has 0 spiro atoms. The molecule has 2 amide bonds. The Morgan fingerprint density at radius 1 is 0.952 bits per heavy atom. The molecular formula is C13H20NO7. The smallest absolute Gasteiger partial charge is 0.335 e. The number of hydrogen-bond acceptors (Lipinski definition) is 7. The van der Waals surface area contributed by atoms with Gasteiger partial charge in [-0.05, 0) is 6.92 Å². The van der Waals surface area contributed by atoms with Crippen LogP contribution < -0.4 is 0 Å². The van der Waals surface area contributed by atoms with E-state index in [1.54, 1.807) is 0 Å². The van der Waals surface area contributed by atoms with Gasteiger partial charge in [-0.25, -0.2) is 4.79 Å². The van der Waals surface area contributed by atoms with E-state index >= 15 is 0 Å². The Balaban J connectivity index is 1.96. The summed E-state index contributed by atoms with van der Waals surface area (Å²) in [7, 11) is 0. The molecule has 8 nitrogen and oxygen atoms in total. The molecule has 0 aliphatic carbocycles. The van der Waals surface area contributed by atoms with Crippen LogP contribution in [0.3, 0.4) is 0 Å². The Hall–Kier alpha value is -1.51. The van der Waals surface area contributed by atoms with E-state index in [2.05, 4.69) is 11.8 Å². The van der Waals surface area contributed by atoms with Crippen LogP contribution in [0.1, 0.15) is 19.3 Å². The third-order valence-corrected chi connectivity index (χ3v) is 2.54. The number of amides is 2. The Kier molecular flexibility index (Phi) is 8.56. The second-order valence-corrected chi connectivity index (χ2v) is 4.13. The van der Waals surface area contributed by atoms with E-state index in [0.717, 1.165) is 0 Å². The van der Waals surface area contributed by atoms with Gasteiger partial charge in [0.05, 0.1) is 39.5 Å². The van der Waals surface area contributed by atoms with E-state index in [1.165, 1.54) is 0 Å². The van der Waals surface area contributed by atoms with E-state index in [4.69, 9.17) is 14.2 Å². The zero-order valence-electron chi connectivity index (χ0n) is 11.9. The molecule has 0 bridgehead atoms. The van der Waals surface area contributed by atoms with Crippen LogP contribution in [-0.4, -0.2) is 62.5 Å². The van der Waals surface area contributed by atoms with Gasteiger partial charge in [0.1, 0.15) is 0 Å². The van der Waals surface area contributed by atoms with Crippen molar-refractivity contribution in [2.75, 3.05) is 39.6 Å². The van der Waals surface area contributed by atoms with Crippen molar-refractivity contribution in [2.45, 2.75) is 19.3 Å². The summed E-state index contributed by atoms with van der Waals surface area (Å²) < 4.78 is 15.3. The molecule has 1 heterocycles. The van der Waals surface area contributed by atoms with Crippen molar-refractivity contribution < 1.29 is 33.4 Å². The van der Waals surface area contributed by atoms with Gasteiger partial charge in [-0.2, -0.15) is 0 Å². The average Bonchev–Trinajstić information content (AvgIpc) is 2.77. The first-order valence-corrected chi connectivity index (χ1v) is 6.74. The Morgan fingerprint density at radius 3 is 2.05 bits per heavy atom. The summed E-state index contributed by atoms with van der Waals surface area (Å²) in [5.41, 5.74) is 0. The Morgan fingerprint density at radius 2 is 1.48 bits per heavy atom. The summed E-state index contributed by atoms with van der Waals surface area (Å²) in [5, 5.41) is 0.522. The molecule has 0 aromatic heterocycles. The van der Waals surface area contributed by atoms with Gasteiger partial charge in [0.2, 0.25) is 0 Å². The molecule has 8 heteroatoms. The van der Waals surface area contributed by atoms with Crippen molar-refractivity contribution in [3.63, 3.8) is 0 Å². The fourth-order valence-corrected chi connectivity index (χ4v) is 1.50. The van der Waals surface area contributed by atoms with Crippen LogP contribution in [0.4, 0.5) is 0 Å². The topological polar surface area (TPSA) is 91.4 Å². The number of nitrogens with zero attached hydrogens (tertiary/aromatic N) is 1. The van der Waals surface area contributed by atoms with Gasteiger partial charge in [-0.15, -0.1) is 5.06 Å². The number of carbonyl (C=O) groups excluding carboxylic acids is 3. The number of hydroxylamine groups is 2. The lowest BCUT2D eigenvalue weighted by Gasteiger charge is -2.12. The van der Waals surface area contributed by atoms with Crippen LogP contribution in [0.25, 0.3) is 0 Å². The van der Waals surface area contributed by atoms with E-state index in [1.807, 2.05) is 0 Å². The van der Waals surface area contributed by atoms with Crippen molar-refractivity contribution in [2.24, 2.45) is 0 Å². The monoisotopic (exact) mass is 302 g/mol. The van der Waals surface area contributed by atoms with Gasteiger partial charge in [0.15, 0.2) is 0 Å². The van der Waals surface area contributed by atoms with E-state index in [0.29, 0.717) is 38.1 Å². The normalized spacial score (nSPS) is 14.8. The molecule has 0 N–H and O–H groups in total. The van der Waals surface area contributed by atoms with Crippen molar-refractivity contribution >= 4 is 17.8 Å². The van der Waals surface area contributed by atoms with Crippen LogP contribution >= 0.6 is 0 Å².